The topological polar surface area (TPSA) is 131 Å². The molecule has 1 unspecified atom stereocenters. The molecule has 0 bridgehead atoms. The van der Waals surface area contributed by atoms with Crippen LogP contribution in [0.2, 0.25) is 10.0 Å². The molecular weight excluding hydrogens is 589 g/mol. The van der Waals surface area contributed by atoms with E-state index in [2.05, 4.69) is 10.3 Å². The van der Waals surface area contributed by atoms with E-state index in [1.807, 2.05) is 4.90 Å². The average molecular weight is 615 g/mol. The van der Waals surface area contributed by atoms with E-state index in [0.717, 1.165) is 0 Å². The summed E-state index contributed by atoms with van der Waals surface area (Å²) in [5, 5.41) is 3.05. The molecule has 0 radical (unpaired) electrons. The van der Waals surface area contributed by atoms with Crippen LogP contribution in [0.25, 0.3) is 22.6 Å². The van der Waals surface area contributed by atoms with Gasteiger partial charge >= 0.3 is 0 Å². The van der Waals surface area contributed by atoms with Gasteiger partial charge < -0.3 is 21.2 Å². The highest BCUT2D eigenvalue weighted by Crippen LogP contribution is 2.34. The van der Waals surface area contributed by atoms with E-state index < -0.39 is 29.5 Å². The minimum absolute atomic E-state index is 0.124. The monoisotopic (exact) mass is 614 g/mol. The molecule has 1 aromatic heterocycles. The first kappa shape index (κ1) is 29.5. The van der Waals surface area contributed by atoms with Gasteiger partial charge in [-0.3, -0.25) is 19.4 Å². The maximum absolute atomic E-state index is 13.6. The summed E-state index contributed by atoms with van der Waals surface area (Å²) >= 11 is 12.4. The maximum atomic E-state index is 13.6. The molecule has 9 nitrogen and oxygen atoms in total. The van der Waals surface area contributed by atoms with E-state index in [1.165, 1.54) is 36.4 Å². The third-order valence-corrected chi connectivity index (χ3v) is 7.43. The zero-order valence-electron chi connectivity index (χ0n) is 22.1. The van der Waals surface area contributed by atoms with Crippen molar-refractivity contribution in [1.82, 2.24) is 14.8 Å². The number of hydrogen-bond acceptors (Lipinski definition) is 7. The SMILES string of the molecule is NC(=O)C1CN(Cc2nc(-c3ccc(F)cc3)c(-c3ccc(F)cc3)o2)CCN1CC(=O)Nc1c(Cl)cc(N)cc1Cl. The summed E-state index contributed by atoms with van der Waals surface area (Å²) < 4.78 is 33.3. The second-order valence-electron chi connectivity index (χ2n) is 9.83. The zero-order chi connectivity index (χ0) is 30.0. The molecule has 4 aromatic rings. The first-order valence-electron chi connectivity index (χ1n) is 12.9. The van der Waals surface area contributed by atoms with Gasteiger partial charge in [-0.2, -0.15) is 0 Å². The predicted octanol–water partition coefficient (Wildman–Crippen LogP) is 4.79. The summed E-state index contributed by atoms with van der Waals surface area (Å²) in [6.07, 6.45) is 0. The highest BCUT2D eigenvalue weighted by Gasteiger charge is 2.33. The molecule has 1 saturated heterocycles. The number of halogens is 4. The highest BCUT2D eigenvalue weighted by atomic mass is 35.5. The molecule has 5 rings (SSSR count). The summed E-state index contributed by atoms with van der Waals surface area (Å²) in [7, 11) is 0. The molecule has 218 valence electrons. The van der Waals surface area contributed by atoms with Crippen molar-refractivity contribution in [3.63, 3.8) is 0 Å². The predicted molar refractivity (Wildman–Crippen MR) is 157 cm³/mol. The second-order valence-corrected chi connectivity index (χ2v) is 10.6. The number of carbonyl (C=O) groups excluding carboxylic acids is 2. The molecule has 0 aliphatic carbocycles. The number of nitrogens with zero attached hydrogens (tertiary/aromatic N) is 3. The molecule has 0 saturated carbocycles. The van der Waals surface area contributed by atoms with Gasteiger partial charge in [0, 0.05) is 36.4 Å². The number of nitrogens with two attached hydrogens (primary N) is 2. The molecular formula is C29H26Cl2F2N6O3. The fourth-order valence-electron chi connectivity index (χ4n) is 4.78. The Bertz CT molecular complexity index is 1530. The normalized spacial score (nSPS) is 16.0. The number of rotatable bonds is 8. The molecule has 2 amide bonds. The van der Waals surface area contributed by atoms with Crippen molar-refractivity contribution in [2.75, 3.05) is 37.2 Å². The molecule has 3 aromatic carbocycles. The van der Waals surface area contributed by atoms with E-state index in [4.69, 9.17) is 39.1 Å². The van der Waals surface area contributed by atoms with Gasteiger partial charge in [0.2, 0.25) is 17.7 Å². The van der Waals surface area contributed by atoms with Crippen LogP contribution in [0.1, 0.15) is 5.89 Å². The smallest absolute Gasteiger partial charge is 0.238 e. The molecule has 1 fully saturated rings. The van der Waals surface area contributed by atoms with Crippen LogP contribution in [-0.4, -0.2) is 58.8 Å². The fourth-order valence-corrected chi connectivity index (χ4v) is 5.38. The third-order valence-electron chi connectivity index (χ3n) is 6.83. The van der Waals surface area contributed by atoms with Gasteiger partial charge in [0.15, 0.2) is 5.76 Å². The standard InChI is InChI=1S/C29H26Cl2F2N6O3/c30-21-11-20(34)12-22(31)27(21)36-24(40)14-39-10-9-38(13-23(39)29(35)41)15-25-37-26(16-1-5-18(32)6-2-16)28(42-25)17-3-7-19(33)8-4-17/h1-8,11-12,23H,9-10,13-15,34H2,(H2,35,41)(H,36,40). The molecule has 0 spiro atoms. The summed E-state index contributed by atoms with van der Waals surface area (Å²) in [5.41, 5.74) is 13.7. The van der Waals surface area contributed by atoms with E-state index in [-0.39, 0.29) is 35.4 Å². The van der Waals surface area contributed by atoms with Crippen molar-refractivity contribution in [2.24, 2.45) is 5.73 Å². The minimum Gasteiger partial charge on any atom is -0.439 e. The van der Waals surface area contributed by atoms with Gasteiger partial charge in [-0.15, -0.1) is 0 Å². The number of nitrogen functional groups attached to an aromatic ring is 1. The summed E-state index contributed by atoms with van der Waals surface area (Å²) in [6.45, 7) is 1.14. The second kappa shape index (κ2) is 12.5. The molecule has 2 heterocycles. The summed E-state index contributed by atoms with van der Waals surface area (Å²) in [4.78, 5) is 33.5. The lowest BCUT2D eigenvalue weighted by Gasteiger charge is -2.39. The number of amides is 2. The lowest BCUT2D eigenvalue weighted by Crippen LogP contribution is -2.59. The van der Waals surface area contributed by atoms with E-state index in [0.29, 0.717) is 47.2 Å². The number of hydrogen-bond donors (Lipinski definition) is 3. The van der Waals surface area contributed by atoms with Crippen molar-refractivity contribution in [3.05, 3.63) is 88.2 Å². The van der Waals surface area contributed by atoms with Crippen LogP contribution in [0, 0.1) is 11.6 Å². The Kier molecular flexibility index (Phi) is 8.74. The van der Waals surface area contributed by atoms with E-state index in [9.17, 15) is 18.4 Å². The molecule has 1 atom stereocenters. The Morgan fingerprint density at radius 2 is 1.57 bits per heavy atom. The first-order valence-corrected chi connectivity index (χ1v) is 13.6. The zero-order valence-corrected chi connectivity index (χ0v) is 23.6. The minimum atomic E-state index is -0.773. The number of benzene rings is 3. The van der Waals surface area contributed by atoms with Crippen LogP contribution in [-0.2, 0) is 16.1 Å². The largest absolute Gasteiger partial charge is 0.439 e. The van der Waals surface area contributed by atoms with Gasteiger partial charge in [-0.05, 0) is 60.7 Å². The van der Waals surface area contributed by atoms with Crippen molar-refractivity contribution in [3.8, 4) is 22.6 Å². The van der Waals surface area contributed by atoms with Gasteiger partial charge in [0.25, 0.3) is 0 Å². The number of oxazole rings is 1. The van der Waals surface area contributed by atoms with Gasteiger partial charge in [0.05, 0.1) is 28.8 Å². The molecule has 5 N–H and O–H groups in total. The van der Waals surface area contributed by atoms with E-state index in [1.54, 1.807) is 29.2 Å². The number of piperazine rings is 1. The number of nitrogens with one attached hydrogen (secondary N) is 1. The Labute approximate surface area is 250 Å². The molecule has 1 aliphatic heterocycles. The van der Waals surface area contributed by atoms with Crippen molar-refractivity contribution >= 4 is 46.4 Å². The van der Waals surface area contributed by atoms with Crippen LogP contribution in [0.3, 0.4) is 0 Å². The number of carbonyl (C=O) groups is 2. The van der Waals surface area contributed by atoms with E-state index >= 15 is 0 Å². The van der Waals surface area contributed by atoms with Gasteiger partial charge in [0.1, 0.15) is 23.4 Å². The first-order chi connectivity index (χ1) is 20.1. The lowest BCUT2D eigenvalue weighted by molar-refractivity contribution is -0.128. The fraction of sp³-hybridized carbons (Fsp3) is 0.207. The van der Waals surface area contributed by atoms with Crippen LogP contribution in [0.15, 0.2) is 65.1 Å². The average Bonchev–Trinajstić information content (AvgIpc) is 3.36. The maximum Gasteiger partial charge on any atom is 0.238 e. The van der Waals surface area contributed by atoms with Gasteiger partial charge in [-0.1, -0.05) is 23.2 Å². The number of aromatic nitrogens is 1. The quantitative estimate of drug-likeness (QED) is 0.243. The Morgan fingerprint density at radius 3 is 2.17 bits per heavy atom. The van der Waals surface area contributed by atoms with Crippen LogP contribution >= 0.6 is 23.2 Å². The molecule has 1 aliphatic rings. The van der Waals surface area contributed by atoms with Crippen LogP contribution < -0.4 is 16.8 Å². The van der Waals surface area contributed by atoms with Crippen molar-refractivity contribution in [1.29, 1.82) is 0 Å². The Morgan fingerprint density at radius 1 is 0.976 bits per heavy atom. The van der Waals surface area contributed by atoms with Crippen molar-refractivity contribution in [2.45, 2.75) is 12.6 Å². The molecule has 42 heavy (non-hydrogen) atoms. The third kappa shape index (κ3) is 6.71. The lowest BCUT2D eigenvalue weighted by atomic mass is 10.1. The van der Waals surface area contributed by atoms with Crippen LogP contribution in [0.4, 0.5) is 20.2 Å². The Balaban J connectivity index is 1.31. The highest BCUT2D eigenvalue weighted by molar-refractivity contribution is 6.40. The number of anilines is 2. The van der Waals surface area contributed by atoms with Crippen molar-refractivity contribution < 1.29 is 22.8 Å². The van der Waals surface area contributed by atoms with Crippen LogP contribution in [0.5, 0.6) is 0 Å². The summed E-state index contributed by atoms with van der Waals surface area (Å²) in [5.74, 6) is -1.07. The molecule has 13 heteroatoms. The van der Waals surface area contributed by atoms with Gasteiger partial charge in [-0.25, -0.2) is 13.8 Å². The number of primary amides is 1. The Hall–Kier alpha value is -4.03. The summed E-state index contributed by atoms with van der Waals surface area (Å²) in [6, 6.07) is 13.8.